The van der Waals surface area contributed by atoms with Crippen LogP contribution in [-0.4, -0.2) is 10.2 Å². The zero-order chi connectivity index (χ0) is 8.39. The second-order valence-electron chi connectivity index (χ2n) is 2.24. The lowest BCUT2D eigenvalue weighted by Crippen LogP contribution is -1.81. The van der Waals surface area contributed by atoms with Gasteiger partial charge in [0.25, 0.3) is 0 Å². The Hall–Kier alpha value is -1.84. The van der Waals surface area contributed by atoms with Gasteiger partial charge in [-0.15, -0.1) is 5.10 Å². The van der Waals surface area contributed by atoms with E-state index >= 15 is 0 Å². The summed E-state index contributed by atoms with van der Waals surface area (Å²) in [7, 11) is 0. The lowest BCUT2D eigenvalue weighted by Gasteiger charge is -1.89. The first-order chi connectivity index (χ1) is 5.86. The quantitative estimate of drug-likeness (QED) is 0.678. The second-order valence-corrected chi connectivity index (χ2v) is 2.24. The summed E-state index contributed by atoms with van der Waals surface area (Å²) in [5.41, 5.74) is 6.09. The van der Waals surface area contributed by atoms with Crippen molar-refractivity contribution in [1.82, 2.24) is 10.2 Å². The van der Waals surface area contributed by atoms with E-state index in [0.29, 0.717) is 5.89 Å². The number of aromatic nitrogens is 2. The molecular formula is C8H6N3O. The average molecular weight is 160 g/mol. The van der Waals surface area contributed by atoms with E-state index in [1.54, 1.807) is 12.1 Å². The number of nitrogen functional groups attached to an aromatic ring is 1. The van der Waals surface area contributed by atoms with Crippen LogP contribution in [0.25, 0.3) is 11.5 Å². The van der Waals surface area contributed by atoms with E-state index in [-0.39, 0.29) is 6.01 Å². The van der Waals surface area contributed by atoms with Crippen molar-refractivity contribution >= 4 is 6.01 Å². The molecule has 0 saturated carbocycles. The molecule has 59 valence electrons. The lowest BCUT2D eigenvalue weighted by molar-refractivity contribution is 0.590. The maximum atomic E-state index is 5.27. The highest BCUT2D eigenvalue weighted by Crippen LogP contribution is 2.16. The van der Waals surface area contributed by atoms with Crippen LogP contribution < -0.4 is 5.73 Å². The molecule has 1 aromatic heterocycles. The smallest absolute Gasteiger partial charge is 0.313 e. The summed E-state index contributed by atoms with van der Waals surface area (Å²) in [5, 5.41) is 7.26. The van der Waals surface area contributed by atoms with Crippen LogP contribution in [0.15, 0.2) is 28.7 Å². The molecule has 4 heteroatoms. The fourth-order valence-corrected chi connectivity index (χ4v) is 0.878. The van der Waals surface area contributed by atoms with Crippen LogP contribution in [0.4, 0.5) is 6.01 Å². The van der Waals surface area contributed by atoms with Gasteiger partial charge in [-0.3, -0.25) is 0 Å². The Kier molecular flexibility index (Phi) is 1.51. The topological polar surface area (TPSA) is 64.9 Å². The summed E-state index contributed by atoms with van der Waals surface area (Å²) >= 11 is 0. The minimum Gasteiger partial charge on any atom is -0.404 e. The zero-order valence-electron chi connectivity index (χ0n) is 6.19. The standard InChI is InChI=1S/C8H6N3O/c9-8-11-10-7(12-8)6-4-2-1-3-5-6/h1-2,4-5H,(H2,9,11). The number of rotatable bonds is 1. The van der Waals surface area contributed by atoms with Gasteiger partial charge in [0.2, 0.25) is 5.89 Å². The van der Waals surface area contributed by atoms with Crippen molar-refractivity contribution in [3.8, 4) is 11.5 Å². The molecule has 0 aliphatic heterocycles. The van der Waals surface area contributed by atoms with Crippen LogP contribution in [0.3, 0.4) is 0 Å². The van der Waals surface area contributed by atoms with E-state index < -0.39 is 0 Å². The van der Waals surface area contributed by atoms with Gasteiger partial charge in [-0.05, 0) is 18.2 Å². The molecule has 0 amide bonds. The van der Waals surface area contributed by atoms with Gasteiger partial charge >= 0.3 is 6.01 Å². The van der Waals surface area contributed by atoms with Crippen LogP contribution in [0.5, 0.6) is 0 Å². The minimum absolute atomic E-state index is 0.0776. The van der Waals surface area contributed by atoms with Gasteiger partial charge in [-0.2, -0.15) is 0 Å². The van der Waals surface area contributed by atoms with Crippen LogP contribution in [-0.2, 0) is 0 Å². The van der Waals surface area contributed by atoms with E-state index in [4.69, 9.17) is 10.2 Å². The fourth-order valence-electron chi connectivity index (χ4n) is 0.878. The van der Waals surface area contributed by atoms with Crippen molar-refractivity contribution in [2.75, 3.05) is 5.73 Å². The highest BCUT2D eigenvalue weighted by Gasteiger charge is 2.03. The summed E-state index contributed by atoms with van der Waals surface area (Å²) in [6.45, 7) is 0. The Balaban J connectivity index is 2.45. The SMILES string of the molecule is Nc1nnc(-c2c[c]ccc2)o1. The van der Waals surface area contributed by atoms with Crippen LogP contribution in [0, 0.1) is 6.07 Å². The number of nitrogens with zero attached hydrogens (tertiary/aromatic N) is 2. The number of hydrogen-bond acceptors (Lipinski definition) is 4. The van der Waals surface area contributed by atoms with Crippen LogP contribution in [0.2, 0.25) is 0 Å². The average Bonchev–Trinajstić information content (AvgIpc) is 2.54. The molecular weight excluding hydrogens is 154 g/mol. The largest absolute Gasteiger partial charge is 0.404 e. The Labute approximate surface area is 69.0 Å². The first-order valence-corrected chi connectivity index (χ1v) is 3.42. The molecule has 4 nitrogen and oxygen atoms in total. The maximum Gasteiger partial charge on any atom is 0.313 e. The van der Waals surface area contributed by atoms with Crippen molar-refractivity contribution < 1.29 is 4.42 Å². The van der Waals surface area contributed by atoms with Crippen molar-refractivity contribution in [1.29, 1.82) is 0 Å². The summed E-state index contributed by atoms with van der Waals surface area (Å²) < 4.78 is 5.01. The van der Waals surface area contributed by atoms with E-state index in [9.17, 15) is 0 Å². The van der Waals surface area contributed by atoms with Crippen LogP contribution >= 0.6 is 0 Å². The molecule has 0 aliphatic rings. The minimum atomic E-state index is 0.0776. The second kappa shape index (κ2) is 2.65. The number of anilines is 1. The first-order valence-electron chi connectivity index (χ1n) is 3.42. The Morgan fingerprint density at radius 2 is 2.33 bits per heavy atom. The molecule has 2 aromatic rings. The summed E-state index contributed by atoms with van der Waals surface area (Å²) in [5.74, 6) is 0.421. The molecule has 1 heterocycles. The number of nitrogens with two attached hydrogens (primary N) is 1. The lowest BCUT2D eigenvalue weighted by atomic mass is 10.2. The van der Waals surface area contributed by atoms with Crippen molar-refractivity contribution in [2.45, 2.75) is 0 Å². The third-order valence-electron chi connectivity index (χ3n) is 1.39. The highest BCUT2D eigenvalue weighted by atomic mass is 16.4. The number of hydrogen-bond donors (Lipinski definition) is 1. The molecule has 1 aromatic carbocycles. The van der Waals surface area contributed by atoms with Crippen LogP contribution in [0.1, 0.15) is 0 Å². The van der Waals surface area contributed by atoms with Crippen molar-refractivity contribution in [2.24, 2.45) is 0 Å². The molecule has 0 fully saturated rings. The van der Waals surface area contributed by atoms with E-state index in [1.165, 1.54) is 0 Å². The molecule has 12 heavy (non-hydrogen) atoms. The monoisotopic (exact) mass is 160 g/mol. The summed E-state index contributed by atoms with van der Waals surface area (Å²) in [6.07, 6.45) is 0. The first kappa shape index (κ1) is 6.84. The molecule has 0 bridgehead atoms. The molecule has 1 radical (unpaired) electrons. The molecule has 0 aliphatic carbocycles. The van der Waals surface area contributed by atoms with E-state index in [0.717, 1.165) is 5.56 Å². The van der Waals surface area contributed by atoms with E-state index in [1.807, 2.05) is 12.1 Å². The van der Waals surface area contributed by atoms with Gasteiger partial charge in [0.05, 0.1) is 0 Å². The van der Waals surface area contributed by atoms with Crippen molar-refractivity contribution in [3.63, 3.8) is 0 Å². The van der Waals surface area contributed by atoms with Gasteiger partial charge in [-0.1, -0.05) is 17.2 Å². The molecule has 0 atom stereocenters. The molecule has 0 unspecified atom stereocenters. The highest BCUT2D eigenvalue weighted by molar-refractivity contribution is 5.52. The molecule has 2 rings (SSSR count). The predicted molar refractivity (Wildman–Crippen MR) is 43.0 cm³/mol. The van der Waals surface area contributed by atoms with Gasteiger partial charge in [-0.25, -0.2) is 0 Å². The third-order valence-corrected chi connectivity index (χ3v) is 1.39. The zero-order valence-corrected chi connectivity index (χ0v) is 6.19. The molecule has 2 N–H and O–H groups in total. The van der Waals surface area contributed by atoms with Crippen molar-refractivity contribution in [3.05, 3.63) is 30.3 Å². The van der Waals surface area contributed by atoms with Gasteiger partial charge in [0.1, 0.15) is 0 Å². The fraction of sp³-hybridized carbons (Fsp3) is 0. The molecule has 0 spiro atoms. The maximum absolute atomic E-state index is 5.27. The predicted octanol–water partition coefficient (Wildman–Crippen LogP) is 1.12. The Bertz CT molecular complexity index is 369. The third kappa shape index (κ3) is 1.14. The normalized spacial score (nSPS) is 10.0. The summed E-state index contributed by atoms with van der Waals surface area (Å²) in [4.78, 5) is 0. The van der Waals surface area contributed by atoms with Gasteiger partial charge in [0.15, 0.2) is 0 Å². The van der Waals surface area contributed by atoms with E-state index in [2.05, 4.69) is 16.3 Å². The Morgan fingerprint density at radius 3 is 2.92 bits per heavy atom. The number of benzene rings is 1. The summed E-state index contributed by atoms with van der Waals surface area (Å²) in [6, 6.07) is 10.2. The van der Waals surface area contributed by atoms with Gasteiger partial charge in [0, 0.05) is 5.56 Å². The Morgan fingerprint density at radius 1 is 1.42 bits per heavy atom. The molecule has 0 saturated heterocycles. The van der Waals surface area contributed by atoms with Gasteiger partial charge < -0.3 is 10.2 Å².